The van der Waals surface area contributed by atoms with Crippen molar-refractivity contribution in [1.29, 1.82) is 0 Å². The molecule has 3 heteroatoms. The van der Waals surface area contributed by atoms with Crippen LogP contribution in [0, 0.1) is 0 Å². The summed E-state index contributed by atoms with van der Waals surface area (Å²) in [6.07, 6.45) is 3.88. The average molecular weight is 240 g/mol. The van der Waals surface area contributed by atoms with E-state index in [0.29, 0.717) is 10.0 Å². The Kier molecular flexibility index (Phi) is 2.76. The predicted molar refractivity (Wildman–Crippen MR) is 66.9 cm³/mol. The van der Waals surface area contributed by atoms with Crippen molar-refractivity contribution in [2.24, 2.45) is 0 Å². The van der Waals surface area contributed by atoms with E-state index in [1.54, 1.807) is 6.07 Å². The summed E-state index contributed by atoms with van der Waals surface area (Å²) >= 11 is 12.1. The maximum atomic E-state index is 6.10. The maximum absolute atomic E-state index is 6.10. The third kappa shape index (κ3) is 1.77. The highest BCUT2D eigenvalue weighted by Crippen LogP contribution is 2.30. The van der Waals surface area contributed by atoms with Crippen LogP contribution in [-0.2, 0) is 0 Å². The van der Waals surface area contributed by atoms with E-state index in [-0.39, 0.29) is 6.04 Å². The lowest BCUT2D eigenvalue weighted by Gasteiger charge is -2.10. The molecule has 0 fully saturated rings. The summed E-state index contributed by atoms with van der Waals surface area (Å²) in [5.74, 6) is 0. The van der Waals surface area contributed by atoms with Crippen LogP contribution in [0.25, 0.3) is 10.9 Å². The first kappa shape index (κ1) is 10.6. The van der Waals surface area contributed by atoms with Gasteiger partial charge in [-0.2, -0.15) is 0 Å². The van der Waals surface area contributed by atoms with Crippen molar-refractivity contribution in [3.63, 3.8) is 0 Å². The molecular weight excluding hydrogens is 229 g/mol. The molecule has 1 heterocycles. The van der Waals surface area contributed by atoms with E-state index in [1.165, 1.54) is 0 Å². The number of allylic oxidation sites excluding steroid dienone is 1. The first-order chi connectivity index (χ1) is 7.13. The second-order valence-electron chi connectivity index (χ2n) is 3.52. The predicted octanol–water partition coefficient (Wildman–Crippen LogP) is 4.70. The highest BCUT2D eigenvalue weighted by Gasteiger charge is 2.08. The summed E-state index contributed by atoms with van der Waals surface area (Å²) in [5, 5.41) is 2.37. The molecule has 0 aliphatic carbocycles. The van der Waals surface area contributed by atoms with Gasteiger partial charge in [0.15, 0.2) is 0 Å². The van der Waals surface area contributed by atoms with Crippen LogP contribution in [0.1, 0.15) is 13.0 Å². The van der Waals surface area contributed by atoms with Crippen molar-refractivity contribution in [1.82, 2.24) is 4.57 Å². The standard InChI is InChI=1S/C12H11Cl2N/c1-3-8(2)15-5-4-10-11(14)6-9(13)7-12(10)15/h3-8H,1H2,2H3. The molecule has 0 radical (unpaired) electrons. The molecule has 0 saturated carbocycles. The van der Waals surface area contributed by atoms with Crippen LogP contribution < -0.4 is 0 Å². The minimum Gasteiger partial charge on any atom is -0.341 e. The molecule has 0 amide bonds. The van der Waals surface area contributed by atoms with Crippen molar-refractivity contribution < 1.29 is 0 Å². The molecule has 0 aliphatic rings. The van der Waals surface area contributed by atoms with Gasteiger partial charge in [0.05, 0.1) is 10.5 Å². The third-order valence-corrected chi connectivity index (χ3v) is 3.06. The average Bonchev–Trinajstić information content (AvgIpc) is 2.60. The van der Waals surface area contributed by atoms with E-state index in [2.05, 4.69) is 18.1 Å². The maximum Gasteiger partial charge on any atom is 0.0515 e. The van der Waals surface area contributed by atoms with Gasteiger partial charge in [-0.3, -0.25) is 0 Å². The van der Waals surface area contributed by atoms with Gasteiger partial charge in [-0.05, 0) is 25.1 Å². The van der Waals surface area contributed by atoms with Crippen LogP contribution in [0.2, 0.25) is 10.0 Å². The lowest BCUT2D eigenvalue weighted by Crippen LogP contribution is -1.99. The summed E-state index contributed by atoms with van der Waals surface area (Å²) in [4.78, 5) is 0. The molecule has 1 nitrogen and oxygen atoms in total. The van der Waals surface area contributed by atoms with Gasteiger partial charge in [0, 0.05) is 22.6 Å². The summed E-state index contributed by atoms with van der Waals surface area (Å²) < 4.78 is 2.10. The Bertz CT molecular complexity index is 514. The molecule has 1 atom stereocenters. The molecular formula is C12H11Cl2N. The fourth-order valence-corrected chi connectivity index (χ4v) is 2.20. The molecule has 0 aliphatic heterocycles. The minimum absolute atomic E-state index is 0.233. The van der Waals surface area contributed by atoms with Crippen LogP contribution in [-0.4, -0.2) is 4.57 Å². The number of hydrogen-bond acceptors (Lipinski definition) is 0. The molecule has 2 aromatic rings. The van der Waals surface area contributed by atoms with Crippen LogP contribution >= 0.6 is 23.2 Å². The van der Waals surface area contributed by atoms with Crippen LogP contribution in [0.4, 0.5) is 0 Å². The SMILES string of the molecule is C=CC(C)n1ccc2c(Cl)cc(Cl)cc21. The lowest BCUT2D eigenvalue weighted by molar-refractivity contribution is 0.689. The number of aromatic nitrogens is 1. The molecule has 1 aromatic heterocycles. The molecule has 0 N–H and O–H groups in total. The largest absolute Gasteiger partial charge is 0.341 e. The van der Waals surface area contributed by atoms with E-state index in [9.17, 15) is 0 Å². The van der Waals surface area contributed by atoms with Crippen LogP contribution in [0.5, 0.6) is 0 Å². The molecule has 1 aromatic carbocycles. The van der Waals surface area contributed by atoms with Gasteiger partial charge in [-0.25, -0.2) is 0 Å². The Morgan fingerprint density at radius 3 is 2.80 bits per heavy atom. The number of benzene rings is 1. The summed E-state index contributed by atoms with van der Waals surface area (Å²) in [6, 6.07) is 5.91. The normalized spacial score (nSPS) is 13.0. The molecule has 0 spiro atoms. The Hall–Kier alpha value is -0.920. The molecule has 78 valence electrons. The van der Waals surface area contributed by atoms with Gasteiger partial charge >= 0.3 is 0 Å². The molecule has 0 saturated heterocycles. The van der Waals surface area contributed by atoms with Crippen LogP contribution in [0.15, 0.2) is 37.1 Å². The smallest absolute Gasteiger partial charge is 0.0515 e. The Balaban J connectivity index is 2.73. The van der Waals surface area contributed by atoms with Gasteiger partial charge in [0.2, 0.25) is 0 Å². The first-order valence-electron chi connectivity index (χ1n) is 4.71. The van der Waals surface area contributed by atoms with E-state index in [4.69, 9.17) is 23.2 Å². The Labute approximate surface area is 98.9 Å². The topological polar surface area (TPSA) is 4.93 Å². The zero-order valence-electron chi connectivity index (χ0n) is 8.37. The second-order valence-corrected chi connectivity index (χ2v) is 4.36. The van der Waals surface area contributed by atoms with E-state index in [1.807, 2.05) is 24.4 Å². The Morgan fingerprint density at radius 2 is 2.13 bits per heavy atom. The molecule has 2 rings (SSSR count). The second kappa shape index (κ2) is 3.92. The lowest BCUT2D eigenvalue weighted by atomic mass is 10.2. The van der Waals surface area contributed by atoms with Gasteiger partial charge in [0.25, 0.3) is 0 Å². The van der Waals surface area contributed by atoms with E-state index < -0.39 is 0 Å². The number of rotatable bonds is 2. The quantitative estimate of drug-likeness (QED) is 0.670. The van der Waals surface area contributed by atoms with Crippen molar-refractivity contribution in [2.45, 2.75) is 13.0 Å². The zero-order valence-corrected chi connectivity index (χ0v) is 9.89. The summed E-state index contributed by atoms with van der Waals surface area (Å²) in [5.41, 5.74) is 1.04. The summed E-state index contributed by atoms with van der Waals surface area (Å²) in [6.45, 7) is 5.85. The number of nitrogens with zero attached hydrogens (tertiary/aromatic N) is 1. The fraction of sp³-hybridized carbons (Fsp3) is 0.167. The molecule has 15 heavy (non-hydrogen) atoms. The minimum atomic E-state index is 0.233. The number of hydrogen-bond donors (Lipinski definition) is 0. The van der Waals surface area contributed by atoms with E-state index >= 15 is 0 Å². The summed E-state index contributed by atoms with van der Waals surface area (Å²) in [7, 11) is 0. The van der Waals surface area contributed by atoms with Gasteiger partial charge in [0.1, 0.15) is 0 Å². The first-order valence-corrected chi connectivity index (χ1v) is 5.47. The fourth-order valence-electron chi connectivity index (χ4n) is 1.65. The van der Waals surface area contributed by atoms with Crippen molar-refractivity contribution in [3.05, 3.63) is 47.1 Å². The Morgan fingerprint density at radius 1 is 1.40 bits per heavy atom. The number of halogens is 2. The van der Waals surface area contributed by atoms with Crippen molar-refractivity contribution >= 4 is 34.1 Å². The van der Waals surface area contributed by atoms with Gasteiger partial charge in [-0.1, -0.05) is 29.3 Å². The van der Waals surface area contributed by atoms with Gasteiger partial charge in [-0.15, -0.1) is 6.58 Å². The highest BCUT2D eigenvalue weighted by atomic mass is 35.5. The zero-order chi connectivity index (χ0) is 11.0. The molecule has 0 bridgehead atoms. The van der Waals surface area contributed by atoms with Crippen LogP contribution in [0.3, 0.4) is 0 Å². The highest BCUT2D eigenvalue weighted by molar-refractivity contribution is 6.38. The van der Waals surface area contributed by atoms with Gasteiger partial charge < -0.3 is 4.57 Å². The van der Waals surface area contributed by atoms with E-state index in [0.717, 1.165) is 10.9 Å². The van der Waals surface area contributed by atoms with Crippen molar-refractivity contribution in [2.75, 3.05) is 0 Å². The number of fused-ring (bicyclic) bond motifs is 1. The molecule has 1 unspecified atom stereocenters. The van der Waals surface area contributed by atoms with Crippen molar-refractivity contribution in [3.8, 4) is 0 Å². The monoisotopic (exact) mass is 239 g/mol. The third-order valence-electron chi connectivity index (χ3n) is 2.53.